The molecule has 1 heterocycles. The Kier molecular flexibility index (Phi) is 7.14. The minimum Gasteiger partial charge on any atom is -0.508 e. The molecular formula is C26H23ClFN3O4S. The fourth-order valence-electron chi connectivity index (χ4n) is 4.41. The highest BCUT2D eigenvalue weighted by molar-refractivity contribution is 7.80. The number of ether oxygens (including phenoxy) is 1. The fourth-order valence-corrected chi connectivity index (χ4v) is 5.09. The van der Waals surface area contributed by atoms with Crippen LogP contribution in [-0.2, 0) is 14.3 Å². The van der Waals surface area contributed by atoms with Gasteiger partial charge in [-0.05, 0) is 40.6 Å². The number of nitrogens with two attached hydrogens (primary N) is 1. The number of carbonyl (C=O) groups is 2. The Hall–Kier alpha value is -3.69. The summed E-state index contributed by atoms with van der Waals surface area (Å²) in [5, 5.41) is 11.6. The number of nitrogens with zero attached hydrogens (tertiary/aromatic N) is 2. The molecule has 3 aromatic carbocycles. The number of hydrogen-bond donors (Lipinski definition) is 2. The van der Waals surface area contributed by atoms with E-state index in [2.05, 4.69) is 6.58 Å². The van der Waals surface area contributed by atoms with Crippen molar-refractivity contribution in [3.63, 3.8) is 0 Å². The highest BCUT2D eigenvalue weighted by Crippen LogP contribution is 2.41. The number of phenolic OH excluding ortho intramolecular Hbond substituents is 1. The predicted molar refractivity (Wildman–Crippen MR) is 141 cm³/mol. The molecule has 1 amide bonds. The van der Waals surface area contributed by atoms with Crippen LogP contribution in [0.2, 0.25) is 5.02 Å². The number of hydrogen-bond acceptors (Lipinski definition) is 6. The first-order chi connectivity index (χ1) is 17.2. The molecule has 0 saturated carbocycles. The van der Waals surface area contributed by atoms with Crippen molar-refractivity contribution in [1.29, 1.82) is 0 Å². The van der Waals surface area contributed by atoms with E-state index in [0.29, 0.717) is 16.3 Å². The summed E-state index contributed by atoms with van der Waals surface area (Å²) in [5.74, 6) is -1.78. The number of halogens is 2. The molecular weight excluding hydrogens is 505 g/mol. The average Bonchev–Trinajstić information content (AvgIpc) is 2.88. The van der Waals surface area contributed by atoms with E-state index in [9.17, 15) is 14.7 Å². The molecule has 7 nitrogen and oxygen atoms in total. The van der Waals surface area contributed by atoms with Crippen LogP contribution in [0.15, 0.2) is 55.1 Å². The van der Waals surface area contributed by atoms with Gasteiger partial charge < -0.3 is 25.4 Å². The summed E-state index contributed by atoms with van der Waals surface area (Å²) >= 11 is 12.2. The lowest BCUT2D eigenvalue weighted by Crippen LogP contribution is -2.59. The lowest BCUT2D eigenvalue weighted by Gasteiger charge is -2.41. The first kappa shape index (κ1) is 25.4. The molecule has 1 aliphatic rings. The van der Waals surface area contributed by atoms with Crippen molar-refractivity contribution in [2.24, 2.45) is 0 Å². The van der Waals surface area contributed by atoms with Crippen molar-refractivity contribution in [3.05, 3.63) is 71.5 Å². The van der Waals surface area contributed by atoms with Gasteiger partial charge in [-0.1, -0.05) is 54.7 Å². The van der Waals surface area contributed by atoms with Crippen molar-refractivity contribution < 1.29 is 23.8 Å². The summed E-state index contributed by atoms with van der Waals surface area (Å²) in [6.45, 7) is 3.95. The van der Waals surface area contributed by atoms with Gasteiger partial charge in [0.05, 0.1) is 24.4 Å². The van der Waals surface area contributed by atoms with Crippen molar-refractivity contribution in [2.45, 2.75) is 6.04 Å². The van der Waals surface area contributed by atoms with Crippen molar-refractivity contribution in [2.75, 3.05) is 32.5 Å². The molecule has 36 heavy (non-hydrogen) atoms. The minimum absolute atomic E-state index is 0.0150. The topological polar surface area (TPSA) is 96.1 Å². The fraction of sp³-hybridized carbons (Fsp3) is 0.192. The first-order valence-electron chi connectivity index (χ1n) is 11.0. The molecule has 3 N–H and O–H groups in total. The van der Waals surface area contributed by atoms with Crippen molar-refractivity contribution in [3.8, 4) is 16.9 Å². The number of rotatable bonds is 4. The maximum atomic E-state index is 15.8. The molecule has 4 rings (SSSR count). The van der Waals surface area contributed by atoms with E-state index in [1.165, 1.54) is 30.2 Å². The Balaban J connectivity index is 1.77. The van der Waals surface area contributed by atoms with Crippen LogP contribution in [0, 0.1) is 5.82 Å². The summed E-state index contributed by atoms with van der Waals surface area (Å²) in [5.41, 5.74) is 6.52. The van der Waals surface area contributed by atoms with Gasteiger partial charge in [0.2, 0.25) is 5.91 Å². The molecule has 10 heteroatoms. The number of thiocarbonyl (C=S) groups is 1. The van der Waals surface area contributed by atoms with Crippen LogP contribution >= 0.6 is 23.8 Å². The Labute approximate surface area is 217 Å². The second-order valence-electron chi connectivity index (χ2n) is 8.25. The van der Waals surface area contributed by atoms with Gasteiger partial charge in [-0.15, -0.1) is 0 Å². The second kappa shape index (κ2) is 10.1. The number of aromatic hydroxyl groups is 1. The summed E-state index contributed by atoms with van der Waals surface area (Å²) in [6.07, 6.45) is 1.17. The number of nitrogen functional groups attached to an aromatic ring is 1. The number of anilines is 1. The molecule has 0 aliphatic carbocycles. The first-order valence-corrected chi connectivity index (χ1v) is 11.8. The normalized spacial score (nSPS) is 15.6. The number of carbonyl (C=O) groups excluding carboxylic acids is 2. The molecule has 3 aromatic rings. The smallest absolute Gasteiger partial charge is 0.330 e. The summed E-state index contributed by atoms with van der Waals surface area (Å²) < 4.78 is 20.7. The van der Waals surface area contributed by atoms with Gasteiger partial charge >= 0.3 is 5.97 Å². The Bertz CT molecular complexity index is 1410. The molecule has 1 saturated heterocycles. The standard InChI is InChI=1S/C26H23ClFN3O4S/c1-3-21(33)30-8-9-31(20(13-30)26(34)35-2)25(36)18-12-19(27)22(23(28)24(18)29)17-11-15(32)10-14-6-4-5-7-16(14)17/h3-7,10-12,20,32H,1,8-9,13,29H2,2H3. The van der Waals surface area contributed by atoms with Crippen LogP contribution in [0.5, 0.6) is 5.75 Å². The van der Waals surface area contributed by atoms with Gasteiger partial charge in [-0.2, -0.15) is 0 Å². The van der Waals surface area contributed by atoms with Crippen LogP contribution < -0.4 is 5.73 Å². The number of fused-ring (bicyclic) bond motifs is 1. The predicted octanol–water partition coefficient (Wildman–Crippen LogP) is 4.13. The van der Waals surface area contributed by atoms with Gasteiger partial charge in [-0.3, -0.25) is 4.79 Å². The summed E-state index contributed by atoms with van der Waals surface area (Å²) in [7, 11) is 1.23. The average molecular weight is 528 g/mol. The van der Waals surface area contributed by atoms with Crippen LogP contribution in [0.3, 0.4) is 0 Å². The van der Waals surface area contributed by atoms with Gasteiger partial charge in [-0.25, -0.2) is 9.18 Å². The number of benzene rings is 3. The van der Waals surface area contributed by atoms with Crippen LogP contribution in [0.25, 0.3) is 21.9 Å². The van der Waals surface area contributed by atoms with E-state index >= 15 is 4.39 Å². The molecule has 1 aliphatic heterocycles. The molecule has 1 fully saturated rings. The highest BCUT2D eigenvalue weighted by Gasteiger charge is 2.37. The SMILES string of the molecule is C=CC(=O)N1CCN(C(=S)c2cc(Cl)c(-c3cc(O)cc4ccccc34)c(F)c2N)C(C(=O)OC)C1. The van der Waals surface area contributed by atoms with Crippen molar-refractivity contribution in [1.82, 2.24) is 9.80 Å². The van der Waals surface area contributed by atoms with Crippen LogP contribution in [0.4, 0.5) is 10.1 Å². The summed E-state index contributed by atoms with van der Waals surface area (Å²) in [6, 6.07) is 10.7. The molecule has 0 aromatic heterocycles. The monoisotopic (exact) mass is 527 g/mol. The van der Waals surface area contributed by atoms with Crippen LogP contribution in [-0.4, -0.2) is 64.6 Å². The largest absolute Gasteiger partial charge is 0.508 e. The zero-order valence-electron chi connectivity index (χ0n) is 19.3. The number of phenols is 1. The van der Waals surface area contributed by atoms with E-state index in [1.54, 1.807) is 35.2 Å². The minimum atomic E-state index is -0.920. The van der Waals surface area contributed by atoms with Gasteiger partial charge in [0.15, 0.2) is 5.82 Å². The van der Waals surface area contributed by atoms with E-state index in [4.69, 9.17) is 34.3 Å². The Morgan fingerprint density at radius 3 is 2.69 bits per heavy atom. The molecule has 0 radical (unpaired) electrons. The van der Waals surface area contributed by atoms with Gasteiger partial charge in [0.1, 0.15) is 16.8 Å². The zero-order valence-corrected chi connectivity index (χ0v) is 20.9. The maximum absolute atomic E-state index is 15.8. The quantitative estimate of drug-likeness (QED) is 0.228. The van der Waals surface area contributed by atoms with E-state index < -0.39 is 17.8 Å². The molecule has 1 unspecified atom stereocenters. The molecule has 186 valence electrons. The number of methoxy groups -OCH3 is 1. The third kappa shape index (κ3) is 4.47. The second-order valence-corrected chi connectivity index (χ2v) is 9.04. The third-order valence-corrected chi connectivity index (χ3v) is 6.96. The highest BCUT2D eigenvalue weighted by atomic mass is 35.5. The van der Waals surface area contributed by atoms with Crippen LogP contribution in [0.1, 0.15) is 5.56 Å². The van der Waals surface area contributed by atoms with Crippen molar-refractivity contribution >= 4 is 57.1 Å². The number of amides is 1. The lowest BCUT2D eigenvalue weighted by atomic mass is 9.95. The van der Waals surface area contributed by atoms with Gasteiger partial charge in [0, 0.05) is 24.2 Å². The molecule has 0 spiro atoms. The molecule has 0 bridgehead atoms. The van der Waals surface area contributed by atoms with E-state index in [-0.39, 0.29) is 58.1 Å². The van der Waals surface area contributed by atoms with E-state index in [1.807, 2.05) is 0 Å². The summed E-state index contributed by atoms with van der Waals surface area (Å²) in [4.78, 5) is 27.8. The van der Waals surface area contributed by atoms with E-state index in [0.717, 1.165) is 0 Å². The zero-order chi connectivity index (χ0) is 26.1. The Morgan fingerprint density at radius 2 is 2.00 bits per heavy atom. The third-order valence-electron chi connectivity index (χ3n) is 6.20. The number of piperazine rings is 1. The van der Waals surface area contributed by atoms with Gasteiger partial charge in [0.25, 0.3) is 0 Å². The lowest BCUT2D eigenvalue weighted by molar-refractivity contribution is -0.148. The molecule has 1 atom stereocenters. The maximum Gasteiger partial charge on any atom is 0.330 e. The Morgan fingerprint density at radius 1 is 1.28 bits per heavy atom. The number of esters is 1.